The molecular weight excluding hydrogens is 480 g/mol. The first kappa shape index (κ1) is 23.1. The number of aromatic nitrogens is 3. The van der Waals surface area contributed by atoms with Gasteiger partial charge >= 0.3 is 0 Å². The van der Waals surface area contributed by atoms with Crippen LogP contribution in [0.25, 0.3) is 10.9 Å². The molecule has 2 heterocycles. The zero-order valence-electron chi connectivity index (χ0n) is 17.6. The zero-order valence-corrected chi connectivity index (χ0v) is 20.0. The number of ether oxygens (including phenoxy) is 1. The first-order valence-corrected chi connectivity index (χ1v) is 11.7. The third kappa shape index (κ3) is 6.05. The van der Waals surface area contributed by atoms with E-state index < -0.39 is 0 Å². The molecule has 2 aromatic heterocycles. The molecule has 0 saturated carbocycles. The van der Waals surface area contributed by atoms with Crippen molar-refractivity contribution in [2.75, 3.05) is 17.2 Å². The van der Waals surface area contributed by atoms with Gasteiger partial charge in [0.1, 0.15) is 29.5 Å². The van der Waals surface area contributed by atoms with Crippen molar-refractivity contribution in [2.24, 2.45) is 0 Å². The third-order valence-corrected chi connectivity index (χ3v) is 5.84. The summed E-state index contributed by atoms with van der Waals surface area (Å²) in [4.78, 5) is 12.9. The van der Waals surface area contributed by atoms with Crippen LogP contribution in [-0.4, -0.2) is 37.8 Å². The lowest BCUT2D eigenvalue weighted by molar-refractivity contribution is 0.264. The van der Waals surface area contributed by atoms with Crippen LogP contribution in [0.1, 0.15) is 11.9 Å². The van der Waals surface area contributed by atoms with Crippen LogP contribution in [0.3, 0.4) is 0 Å². The number of rotatable bonds is 8. The van der Waals surface area contributed by atoms with E-state index in [1.54, 1.807) is 18.3 Å². The highest BCUT2D eigenvalue weighted by Crippen LogP contribution is 2.31. The Labute approximate surface area is 205 Å². The Morgan fingerprint density at radius 3 is 2.79 bits per heavy atom. The predicted molar refractivity (Wildman–Crippen MR) is 137 cm³/mol. The molecule has 33 heavy (non-hydrogen) atoms. The summed E-state index contributed by atoms with van der Waals surface area (Å²) in [6, 6.07) is 11.0. The van der Waals surface area contributed by atoms with E-state index >= 15 is 0 Å². The molecule has 0 bridgehead atoms. The summed E-state index contributed by atoms with van der Waals surface area (Å²) >= 11 is 13.3. The summed E-state index contributed by atoms with van der Waals surface area (Å²) in [6.07, 6.45) is 3.24. The average Bonchev–Trinajstić information content (AvgIpc) is 3.32. The van der Waals surface area contributed by atoms with Gasteiger partial charge in [-0.1, -0.05) is 11.6 Å². The average molecular weight is 501 g/mol. The molecule has 0 aliphatic heterocycles. The predicted octanol–water partition coefficient (Wildman–Crippen LogP) is 4.73. The van der Waals surface area contributed by atoms with Crippen molar-refractivity contribution in [1.82, 2.24) is 20.3 Å². The van der Waals surface area contributed by atoms with Crippen LogP contribution >= 0.6 is 35.2 Å². The first-order valence-electron chi connectivity index (χ1n) is 10.0. The summed E-state index contributed by atoms with van der Waals surface area (Å²) in [5.74, 6) is 1.20. The number of benzene rings is 2. The number of thiazole rings is 1. The van der Waals surface area contributed by atoms with E-state index in [0.29, 0.717) is 28.3 Å². The largest absolute Gasteiger partial charge is 0.485 e. The fourth-order valence-electron chi connectivity index (χ4n) is 2.97. The van der Waals surface area contributed by atoms with E-state index in [2.05, 4.69) is 30.9 Å². The molecule has 0 fully saturated rings. The van der Waals surface area contributed by atoms with Crippen molar-refractivity contribution < 1.29 is 9.84 Å². The number of anilines is 3. The molecule has 4 aromatic rings. The highest BCUT2D eigenvalue weighted by atomic mass is 35.5. The Hall–Kier alpha value is -3.05. The number of hydrogen-bond acceptors (Lipinski definition) is 8. The lowest BCUT2D eigenvalue weighted by atomic mass is 10.2. The molecule has 0 aliphatic carbocycles. The van der Waals surface area contributed by atoms with E-state index in [4.69, 9.17) is 28.6 Å². The number of nitrogens with one attached hydrogen (secondary N) is 3. The van der Waals surface area contributed by atoms with Crippen LogP contribution in [-0.2, 0) is 6.61 Å². The molecule has 170 valence electrons. The Balaban J connectivity index is 1.50. The number of aliphatic hydroxyl groups is 1. The molecule has 1 atom stereocenters. The number of aliphatic hydroxyl groups excluding tert-OH is 1. The minimum absolute atomic E-state index is 0.0151. The van der Waals surface area contributed by atoms with Crippen molar-refractivity contribution in [2.45, 2.75) is 19.6 Å². The van der Waals surface area contributed by atoms with Gasteiger partial charge in [0.25, 0.3) is 0 Å². The van der Waals surface area contributed by atoms with Crippen LogP contribution < -0.4 is 20.7 Å². The van der Waals surface area contributed by atoms with Crippen LogP contribution in [0.2, 0.25) is 5.02 Å². The molecule has 2 aromatic carbocycles. The quantitative estimate of drug-likeness (QED) is 0.255. The summed E-state index contributed by atoms with van der Waals surface area (Å²) < 4.78 is 5.77. The van der Waals surface area contributed by atoms with Gasteiger partial charge in [0.2, 0.25) is 0 Å². The number of nitrogens with zero attached hydrogens (tertiary/aromatic N) is 3. The first-order chi connectivity index (χ1) is 16.0. The topological polar surface area (TPSA) is 104 Å². The molecule has 0 unspecified atom stereocenters. The van der Waals surface area contributed by atoms with E-state index in [1.807, 2.05) is 36.6 Å². The zero-order chi connectivity index (χ0) is 23.2. The molecule has 11 heteroatoms. The van der Waals surface area contributed by atoms with Gasteiger partial charge in [-0.05, 0) is 55.5 Å². The standard InChI is InChI=1S/C22H21ClN6O2S2/c1-13(10-30)27-22(32)29-14-2-4-18-16(8-14)21(26-12-25-18)28-15-3-5-19(17(23)9-15)31-11-20-24-6-7-33-20/h2-9,12-13,30H,10-11H2,1H3,(H,25,26,28)(H2,27,29,32)/t13-/m0/s1. The highest BCUT2D eigenvalue weighted by Gasteiger charge is 2.10. The minimum atomic E-state index is -0.149. The maximum Gasteiger partial charge on any atom is 0.171 e. The Morgan fingerprint density at radius 1 is 1.18 bits per heavy atom. The fourth-order valence-corrected chi connectivity index (χ4v) is 4.05. The van der Waals surface area contributed by atoms with Gasteiger partial charge < -0.3 is 25.8 Å². The van der Waals surface area contributed by atoms with Crippen molar-refractivity contribution in [3.8, 4) is 5.75 Å². The van der Waals surface area contributed by atoms with E-state index in [0.717, 1.165) is 27.3 Å². The van der Waals surface area contributed by atoms with Gasteiger partial charge in [0.15, 0.2) is 5.11 Å². The SMILES string of the molecule is C[C@@H](CO)NC(=S)Nc1ccc2ncnc(Nc3ccc(OCc4nccs4)c(Cl)c3)c2c1. The summed E-state index contributed by atoms with van der Waals surface area (Å²) in [5, 5.41) is 23.1. The molecule has 4 rings (SSSR count). The molecular formula is C22H21ClN6O2S2. The van der Waals surface area contributed by atoms with E-state index in [1.165, 1.54) is 17.7 Å². The molecule has 8 nitrogen and oxygen atoms in total. The van der Waals surface area contributed by atoms with Gasteiger partial charge in [-0.15, -0.1) is 11.3 Å². The second-order valence-corrected chi connectivity index (χ2v) is 8.92. The Bertz CT molecular complexity index is 1260. The summed E-state index contributed by atoms with van der Waals surface area (Å²) in [5.41, 5.74) is 2.30. The van der Waals surface area contributed by atoms with Crippen LogP contribution in [0.15, 0.2) is 54.3 Å². The van der Waals surface area contributed by atoms with Gasteiger partial charge in [-0.2, -0.15) is 0 Å². The van der Waals surface area contributed by atoms with Gasteiger partial charge in [-0.25, -0.2) is 15.0 Å². The lowest BCUT2D eigenvalue weighted by Crippen LogP contribution is -2.37. The van der Waals surface area contributed by atoms with Crippen molar-refractivity contribution in [3.05, 3.63) is 64.3 Å². The van der Waals surface area contributed by atoms with Crippen LogP contribution in [0, 0.1) is 0 Å². The van der Waals surface area contributed by atoms with Gasteiger partial charge in [-0.3, -0.25) is 0 Å². The molecule has 0 saturated heterocycles. The third-order valence-electron chi connectivity index (χ3n) is 4.57. The van der Waals surface area contributed by atoms with E-state index in [9.17, 15) is 5.11 Å². The monoisotopic (exact) mass is 500 g/mol. The highest BCUT2D eigenvalue weighted by molar-refractivity contribution is 7.80. The smallest absolute Gasteiger partial charge is 0.171 e. The summed E-state index contributed by atoms with van der Waals surface area (Å²) in [7, 11) is 0. The maximum atomic E-state index is 9.18. The van der Waals surface area contributed by atoms with E-state index in [-0.39, 0.29) is 12.6 Å². The number of fused-ring (bicyclic) bond motifs is 1. The Kier molecular flexibility index (Phi) is 7.50. The molecule has 0 spiro atoms. The molecule has 0 radical (unpaired) electrons. The normalized spacial score (nSPS) is 11.7. The summed E-state index contributed by atoms with van der Waals surface area (Å²) in [6.45, 7) is 2.19. The molecule has 4 N–H and O–H groups in total. The maximum absolute atomic E-state index is 9.18. The lowest BCUT2D eigenvalue weighted by Gasteiger charge is -2.15. The number of hydrogen-bond donors (Lipinski definition) is 4. The molecule has 0 aliphatic rings. The number of thiocarbonyl (C=S) groups is 1. The number of halogens is 1. The molecule has 0 amide bonds. The Morgan fingerprint density at radius 2 is 2.03 bits per heavy atom. The fraction of sp³-hybridized carbons (Fsp3) is 0.182. The second kappa shape index (κ2) is 10.7. The second-order valence-electron chi connectivity index (χ2n) is 7.12. The van der Waals surface area contributed by atoms with Crippen LogP contribution in [0.5, 0.6) is 5.75 Å². The van der Waals surface area contributed by atoms with Crippen LogP contribution in [0.4, 0.5) is 17.2 Å². The van der Waals surface area contributed by atoms with Crippen molar-refractivity contribution in [1.29, 1.82) is 0 Å². The van der Waals surface area contributed by atoms with Crippen molar-refractivity contribution >= 4 is 68.4 Å². The van der Waals surface area contributed by atoms with Gasteiger partial charge in [0, 0.05) is 34.4 Å². The van der Waals surface area contributed by atoms with Gasteiger partial charge in [0.05, 0.1) is 17.1 Å². The van der Waals surface area contributed by atoms with Crippen molar-refractivity contribution in [3.63, 3.8) is 0 Å². The minimum Gasteiger partial charge on any atom is -0.485 e.